The highest BCUT2D eigenvalue weighted by Crippen LogP contribution is 2.12. The van der Waals surface area contributed by atoms with Crippen molar-refractivity contribution in [3.8, 4) is 0 Å². The van der Waals surface area contributed by atoms with Crippen LogP contribution in [0.2, 0.25) is 0 Å². The van der Waals surface area contributed by atoms with Crippen LogP contribution >= 0.6 is 0 Å². The van der Waals surface area contributed by atoms with Crippen LogP contribution in [-0.4, -0.2) is 45.8 Å². The second-order valence-electron chi connectivity index (χ2n) is 4.09. The van der Waals surface area contributed by atoms with E-state index in [2.05, 4.69) is 12.2 Å². The average Bonchev–Trinajstić information content (AvgIpc) is 2.23. The Balaban J connectivity index is 1.90. The molecule has 1 aliphatic rings. The summed E-state index contributed by atoms with van der Waals surface area (Å²) in [6.45, 7) is 4.57. The summed E-state index contributed by atoms with van der Waals surface area (Å²) in [6.07, 6.45) is 3.79. The Morgan fingerprint density at radius 1 is 1.20 bits per heavy atom. The quantitative estimate of drug-likeness (QED) is 0.513. The van der Waals surface area contributed by atoms with E-state index in [1.54, 1.807) is 7.11 Å². The molecule has 1 N–H and O–H groups in total. The maximum absolute atomic E-state index is 5.43. The number of piperidine rings is 1. The largest absolute Gasteiger partial charge is 0.382 e. The normalized spacial score (nSPS) is 26.8. The summed E-state index contributed by atoms with van der Waals surface area (Å²) in [5.41, 5.74) is 0. The molecule has 15 heavy (non-hydrogen) atoms. The second-order valence-corrected chi connectivity index (χ2v) is 4.09. The smallest absolute Gasteiger partial charge is 0.146 e. The van der Waals surface area contributed by atoms with Crippen LogP contribution in [0.3, 0.4) is 0 Å². The zero-order valence-electron chi connectivity index (χ0n) is 9.83. The van der Waals surface area contributed by atoms with Gasteiger partial charge >= 0.3 is 0 Å². The fourth-order valence-electron chi connectivity index (χ4n) is 1.82. The summed E-state index contributed by atoms with van der Waals surface area (Å²) in [6, 6.07) is 1.13. The van der Waals surface area contributed by atoms with Crippen LogP contribution in [0, 0.1) is 0 Å². The molecule has 4 heteroatoms. The van der Waals surface area contributed by atoms with Crippen molar-refractivity contribution in [3.05, 3.63) is 0 Å². The highest BCUT2D eigenvalue weighted by Gasteiger charge is 2.17. The minimum Gasteiger partial charge on any atom is -0.382 e. The predicted octanol–water partition coefficient (Wildman–Crippen LogP) is 1.15. The summed E-state index contributed by atoms with van der Waals surface area (Å²) in [4.78, 5) is 0. The van der Waals surface area contributed by atoms with E-state index in [-0.39, 0.29) is 0 Å². The summed E-state index contributed by atoms with van der Waals surface area (Å²) >= 11 is 0. The minimum atomic E-state index is 0.371. The number of hydrogen-bond acceptors (Lipinski definition) is 4. The average molecular weight is 217 g/mol. The van der Waals surface area contributed by atoms with Gasteiger partial charge in [0.1, 0.15) is 6.79 Å². The molecule has 4 nitrogen and oxygen atoms in total. The molecular formula is C11H23NO3. The van der Waals surface area contributed by atoms with Gasteiger partial charge in [0.05, 0.1) is 19.8 Å². The van der Waals surface area contributed by atoms with Crippen molar-refractivity contribution in [1.82, 2.24) is 5.32 Å². The Kier molecular flexibility index (Phi) is 6.92. The minimum absolute atomic E-state index is 0.371. The van der Waals surface area contributed by atoms with E-state index in [1.807, 2.05) is 0 Å². The fourth-order valence-corrected chi connectivity index (χ4v) is 1.82. The Morgan fingerprint density at radius 3 is 2.80 bits per heavy atom. The number of nitrogens with one attached hydrogen (secondary N) is 1. The SMILES string of the molecule is COCCOCOC[C@@H]1CCC[C@H](C)N1. The number of rotatable bonds is 7. The first-order valence-electron chi connectivity index (χ1n) is 5.73. The molecule has 0 spiro atoms. The lowest BCUT2D eigenvalue weighted by Crippen LogP contribution is -2.43. The van der Waals surface area contributed by atoms with Crippen molar-refractivity contribution in [2.24, 2.45) is 0 Å². The van der Waals surface area contributed by atoms with Gasteiger partial charge < -0.3 is 19.5 Å². The molecule has 90 valence electrons. The first-order valence-corrected chi connectivity index (χ1v) is 5.73. The lowest BCUT2D eigenvalue weighted by atomic mass is 10.0. The van der Waals surface area contributed by atoms with Crippen molar-refractivity contribution in [2.45, 2.75) is 38.3 Å². The van der Waals surface area contributed by atoms with Crippen LogP contribution < -0.4 is 5.32 Å². The number of hydrogen-bond donors (Lipinski definition) is 1. The molecule has 0 aromatic heterocycles. The third-order valence-corrected chi connectivity index (χ3v) is 2.63. The molecule has 0 unspecified atom stereocenters. The predicted molar refractivity (Wildman–Crippen MR) is 58.9 cm³/mol. The second kappa shape index (κ2) is 8.05. The van der Waals surface area contributed by atoms with Gasteiger partial charge in [-0.2, -0.15) is 0 Å². The molecule has 0 radical (unpaired) electrons. The first kappa shape index (κ1) is 12.9. The molecule has 0 saturated carbocycles. The standard InChI is InChI=1S/C11H23NO3/c1-10-4-3-5-11(12-10)8-15-9-14-7-6-13-2/h10-12H,3-9H2,1-2H3/t10-,11-/m0/s1. The molecule has 0 aromatic carbocycles. The van der Waals surface area contributed by atoms with Crippen molar-refractivity contribution >= 4 is 0 Å². The molecule has 1 aliphatic heterocycles. The van der Waals surface area contributed by atoms with E-state index in [9.17, 15) is 0 Å². The van der Waals surface area contributed by atoms with Gasteiger partial charge in [-0.15, -0.1) is 0 Å². The fraction of sp³-hybridized carbons (Fsp3) is 1.00. The van der Waals surface area contributed by atoms with Gasteiger partial charge in [0.15, 0.2) is 0 Å². The lowest BCUT2D eigenvalue weighted by molar-refractivity contribution is -0.0728. The van der Waals surface area contributed by atoms with Gasteiger partial charge in [-0.05, 0) is 19.8 Å². The molecule has 1 heterocycles. The summed E-state index contributed by atoms with van der Waals surface area (Å²) in [7, 11) is 1.66. The van der Waals surface area contributed by atoms with Crippen LogP contribution in [0.25, 0.3) is 0 Å². The Bertz CT molecular complexity index is 155. The van der Waals surface area contributed by atoms with Crippen LogP contribution in [0.4, 0.5) is 0 Å². The molecule has 1 rings (SSSR count). The molecule has 0 aromatic rings. The maximum Gasteiger partial charge on any atom is 0.146 e. The maximum atomic E-state index is 5.43. The Morgan fingerprint density at radius 2 is 2.07 bits per heavy atom. The molecule has 0 aliphatic carbocycles. The van der Waals surface area contributed by atoms with E-state index < -0.39 is 0 Å². The number of methoxy groups -OCH3 is 1. The van der Waals surface area contributed by atoms with E-state index in [0.29, 0.717) is 32.1 Å². The van der Waals surface area contributed by atoms with Gasteiger partial charge in [0.2, 0.25) is 0 Å². The topological polar surface area (TPSA) is 39.7 Å². The summed E-state index contributed by atoms with van der Waals surface area (Å²) in [5, 5.41) is 3.51. The van der Waals surface area contributed by atoms with Gasteiger partial charge in [0.25, 0.3) is 0 Å². The molecular weight excluding hydrogens is 194 g/mol. The molecule has 0 bridgehead atoms. The van der Waals surface area contributed by atoms with Crippen molar-refractivity contribution in [2.75, 3.05) is 33.7 Å². The highest BCUT2D eigenvalue weighted by molar-refractivity contribution is 4.76. The monoisotopic (exact) mass is 217 g/mol. The van der Waals surface area contributed by atoms with E-state index in [0.717, 1.165) is 6.61 Å². The Hall–Kier alpha value is -0.160. The Labute approximate surface area is 92.3 Å². The molecule has 1 fully saturated rings. The van der Waals surface area contributed by atoms with Crippen molar-refractivity contribution in [3.63, 3.8) is 0 Å². The van der Waals surface area contributed by atoms with Crippen LogP contribution in [0.5, 0.6) is 0 Å². The van der Waals surface area contributed by atoms with Crippen LogP contribution in [0.15, 0.2) is 0 Å². The zero-order valence-corrected chi connectivity index (χ0v) is 9.83. The third-order valence-electron chi connectivity index (χ3n) is 2.63. The molecule has 1 saturated heterocycles. The van der Waals surface area contributed by atoms with E-state index >= 15 is 0 Å². The van der Waals surface area contributed by atoms with E-state index in [4.69, 9.17) is 14.2 Å². The third kappa shape index (κ3) is 6.10. The molecule has 2 atom stereocenters. The van der Waals surface area contributed by atoms with Crippen LogP contribution in [-0.2, 0) is 14.2 Å². The highest BCUT2D eigenvalue weighted by atomic mass is 16.7. The number of ether oxygens (including phenoxy) is 3. The first-order chi connectivity index (χ1) is 7.33. The summed E-state index contributed by atoms with van der Waals surface area (Å²) in [5.74, 6) is 0. The molecule has 0 amide bonds. The van der Waals surface area contributed by atoms with Crippen molar-refractivity contribution in [1.29, 1.82) is 0 Å². The summed E-state index contributed by atoms with van der Waals surface area (Å²) < 4.78 is 15.5. The van der Waals surface area contributed by atoms with Gasteiger partial charge in [0, 0.05) is 19.2 Å². The van der Waals surface area contributed by atoms with Crippen molar-refractivity contribution < 1.29 is 14.2 Å². The lowest BCUT2D eigenvalue weighted by Gasteiger charge is -2.28. The van der Waals surface area contributed by atoms with Gasteiger partial charge in [-0.25, -0.2) is 0 Å². The zero-order chi connectivity index (χ0) is 10.9. The van der Waals surface area contributed by atoms with Gasteiger partial charge in [-0.3, -0.25) is 0 Å². The van der Waals surface area contributed by atoms with E-state index in [1.165, 1.54) is 19.3 Å². The van der Waals surface area contributed by atoms with Crippen LogP contribution in [0.1, 0.15) is 26.2 Å². The van der Waals surface area contributed by atoms with Gasteiger partial charge in [-0.1, -0.05) is 6.42 Å².